The molecule has 5 heteroatoms. The normalized spacial score (nSPS) is 12.1. The molecule has 3 nitrogen and oxygen atoms in total. The first-order valence-corrected chi connectivity index (χ1v) is 7.63. The highest BCUT2D eigenvalue weighted by Gasteiger charge is 2.21. The van der Waals surface area contributed by atoms with Gasteiger partial charge in [-0.15, -0.1) is 11.3 Å². The smallest absolute Gasteiger partial charge is 0.227 e. The second kappa shape index (κ2) is 7.90. The number of halogens is 1. The zero-order valence-electron chi connectivity index (χ0n) is 11.8. The molecule has 2 rings (SSSR count). The van der Waals surface area contributed by atoms with Gasteiger partial charge < -0.3 is 10.1 Å². The summed E-state index contributed by atoms with van der Waals surface area (Å²) in [4.78, 5) is 13.5. The van der Waals surface area contributed by atoms with Crippen LogP contribution in [0, 0.1) is 5.82 Å². The predicted octanol–water partition coefficient (Wildman–Crippen LogP) is 2.98. The summed E-state index contributed by atoms with van der Waals surface area (Å²) in [5, 5.41) is 4.84. The van der Waals surface area contributed by atoms with Gasteiger partial charge in [-0.3, -0.25) is 4.79 Å². The number of ether oxygens (including phenoxy) is 1. The Labute approximate surface area is 127 Å². The number of carbonyl (C=O) groups is 1. The van der Waals surface area contributed by atoms with E-state index in [-0.39, 0.29) is 17.6 Å². The van der Waals surface area contributed by atoms with Crippen molar-refractivity contribution in [3.8, 4) is 0 Å². The van der Waals surface area contributed by atoms with Crippen LogP contribution in [0.1, 0.15) is 16.4 Å². The second-order valence-corrected chi connectivity index (χ2v) is 5.70. The molecule has 2 aromatic rings. The molecule has 0 aliphatic heterocycles. The molecule has 112 valence electrons. The maximum Gasteiger partial charge on any atom is 0.227 e. The molecule has 1 atom stereocenters. The Kier molecular flexibility index (Phi) is 5.90. The number of amides is 1. The monoisotopic (exact) mass is 307 g/mol. The number of carbonyl (C=O) groups excluding carboxylic acids is 1. The quantitative estimate of drug-likeness (QED) is 0.799. The Morgan fingerprint density at radius 1 is 1.33 bits per heavy atom. The topological polar surface area (TPSA) is 38.3 Å². The lowest BCUT2D eigenvalue weighted by atomic mass is 9.94. The lowest BCUT2D eigenvalue weighted by Crippen LogP contribution is -2.32. The Morgan fingerprint density at radius 3 is 2.71 bits per heavy atom. The molecule has 0 saturated carbocycles. The number of benzene rings is 1. The van der Waals surface area contributed by atoms with Gasteiger partial charge in [-0.2, -0.15) is 0 Å². The second-order valence-electron chi connectivity index (χ2n) is 4.67. The summed E-state index contributed by atoms with van der Waals surface area (Å²) in [5.41, 5.74) is 0.819. The third kappa shape index (κ3) is 4.65. The number of rotatable bonds is 7. The first kappa shape index (κ1) is 15.7. The maximum absolute atomic E-state index is 13.1. The maximum atomic E-state index is 13.1. The highest BCUT2D eigenvalue weighted by atomic mass is 32.1. The standard InChI is InChI=1S/C16H18FNO2S/c1-20-9-8-18-16(19)15(11-14-3-2-10-21-14)12-4-6-13(17)7-5-12/h2-7,10,15H,8-9,11H2,1H3,(H,18,19). The van der Waals surface area contributed by atoms with Crippen LogP contribution >= 0.6 is 11.3 Å². The molecule has 0 saturated heterocycles. The van der Waals surface area contributed by atoms with Crippen LogP contribution in [0.4, 0.5) is 4.39 Å². The van der Waals surface area contributed by atoms with E-state index in [9.17, 15) is 9.18 Å². The first-order valence-electron chi connectivity index (χ1n) is 6.75. The number of hydrogen-bond donors (Lipinski definition) is 1. The molecule has 0 fully saturated rings. The van der Waals surface area contributed by atoms with Crippen LogP contribution in [0.15, 0.2) is 41.8 Å². The summed E-state index contributed by atoms with van der Waals surface area (Å²) < 4.78 is 18.0. The summed E-state index contributed by atoms with van der Waals surface area (Å²) in [5.74, 6) is -0.679. The predicted molar refractivity (Wildman–Crippen MR) is 82.0 cm³/mol. The Balaban J connectivity index is 2.13. The minimum Gasteiger partial charge on any atom is -0.383 e. The van der Waals surface area contributed by atoms with Crippen molar-refractivity contribution in [3.05, 3.63) is 58.0 Å². The van der Waals surface area contributed by atoms with Gasteiger partial charge in [0, 0.05) is 18.5 Å². The number of hydrogen-bond acceptors (Lipinski definition) is 3. The molecule has 0 aliphatic rings. The van der Waals surface area contributed by atoms with E-state index < -0.39 is 0 Å². The summed E-state index contributed by atoms with van der Waals surface area (Å²) in [6.07, 6.45) is 0.613. The van der Waals surface area contributed by atoms with Gasteiger partial charge in [0.25, 0.3) is 0 Å². The Morgan fingerprint density at radius 2 is 2.10 bits per heavy atom. The molecule has 0 bridgehead atoms. The van der Waals surface area contributed by atoms with Crippen LogP contribution < -0.4 is 5.32 Å². The largest absolute Gasteiger partial charge is 0.383 e. The van der Waals surface area contributed by atoms with Gasteiger partial charge >= 0.3 is 0 Å². The van der Waals surface area contributed by atoms with E-state index in [0.717, 1.165) is 10.4 Å². The summed E-state index contributed by atoms with van der Waals surface area (Å²) in [6, 6.07) is 10.1. The molecule has 1 unspecified atom stereocenters. The van der Waals surface area contributed by atoms with E-state index >= 15 is 0 Å². The van der Waals surface area contributed by atoms with E-state index in [1.54, 1.807) is 30.6 Å². The molecular formula is C16H18FNO2S. The van der Waals surface area contributed by atoms with Gasteiger partial charge in [0.15, 0.2) is 0 Å². The fourth-order valence-corrected chi connectivity index (χ4v) is 2.84. The fourth-order valence-electron chi connectivity index (χ4n) is 2.09. The van der Waals surface area contributed by atoms with Crippen molar-refractivity contribution in [1.82, 2.24) is 5.32 Å². The molecule has 0 aliphatic carbocycles. The average molecular weight is 307 g/mol. The zero-order valence-corrected chi connectivity index (χ0v) is 12.7. The van der Waals surface area contributed by atoms with Gasteiger partial charge in [-0.25, -0.2) is 4.39 Å². The van der Waals surface area contributed by atoms with Crippen LogP contribution in [-0.4, -0.2) is 26.2 Å². The van der Waals surface area contributed by atoms with Crippen molar-refractivity contribution in [2.24, 2.45) is 0 Å². The van der Waals surface area contributed by atoms with Crippen molar-refractivity contribution in [1.29, 1.82) is 0 Å². The zero-order chi connectivity index (χ0) is 15.1. The summed E-state index contributed by atoms with van der Waals surface area (Å²) in [6.45, 7) is 0.943. The van der Waals surface area contributed by atoms with E-state index in [0.29, 0.717) is 19.6 Å². The van der Waals surface area contributed by atoms with E-state index in [1.165, 1.54) is 12.1 Å². The molecule has 0 spiro atoms. The van der Waals surface area contributed by atoms with Gasteiger partial charge in [0.1, 0.15) is 5.82 Å². The molecule has 1 aromatic carbocycles. The van der Waals surface area contributed by atoms with Crippen LogP contribution in [0.2, 0.25) is 0 Å². The lowest BCUT2D eigenvalue weighted by molar-refractivity contribution is -0.122. The van der Waals surface area contributed by atoms with E-state index in [2.05, 4.69) is 5.32 Å². The van der Waals surface area contributed by atoms with Crippen molar-refractivity contribution in [2.45, 2.75) is 12.3 Å². The van der Waals surface area contributed by atoms with E-state index in [1.807, 2.05) is 17.5 Å². The van der Waals surface area contributed by atoms with Crippen LogP contribution in [-0.2, 0) is 16.0 Å². The molecule has 1 amide bonds. The van der Waals surface area contributed by atoms with E-state index in [4.69, 9.17) is 4.74 Å². The minimum atomic E-state index is -0.318. The van der Waals surface area contributed by atoms with Crippen molar-refractivity contribution in [2.75, 3.05) is 20.3 Å². The van der Waals surface area contributed by atoms with Gasteiger partial charge in [0.05, 0.1) is 12.5 Å². The molecule has 1 heterocycles. The molecule has 1 N–H and O–H groups in total. The number of methoxy groups -OCH3 is 1. The van der Waals surface area contributed by atoms with Crippen LogP contribution in [0.25, 0.3) is 0 Å². The number of thiophene rings is 1. The Hall–Kier alpha value is -1.72. The van der Waals surface area contributed by atoms with Gasteiger partial charge in [0.2, 0.25) is 5.91 Å². The van der Waals surface area contributed by atoms with Gasteiger partial charge in [-0.1, -0.05) is 18.2 Å². The lowest BCUT2D eigenvalue weighted by Gasteiger charge is -2.16. The minimum absolute atomic E-state index is 0.0629. The van der Waals surface area contributed by atoms with Gasteiger partial charge in [-0.05, 0) is 35.6 Å². The Bertz CT molecular complexity index is 554. The molecule has 1 aromatic heterocycles. The first-order chi connectivity index (χ1) is 10.2. The fraction of sp³-hybridized carbons (Fsp3) is 0.312. The SMILES string of the molecule is COCCNC(=O)C(Cc1cccs1)c1ccc(F)cc1. The van der Waals surface area contributed by atoms with Crippen molar-refractivity contribution < 1.29 is 13.9 Å². The van der Waals surface area contributed by atoms with Crippen molar-refractivity contribution >= 4 is 17.2 Å². The van der Waals surface area contributed by atoms with Crippen molar-refractivity contribution in [3.63, 3.8) is 0 Å². The molecule has 21 heavy (non-hydrogen) atoms. The third-order valence-electron chi connectivity index (χ3n) is 3.18. The average Bonchev–Trinajstić information content (AvgIpc) is 2.99. The summed E-state index contributed by atoms with van der Waals surface area (Å²) >= 11 is 1.62. The van der Waals surface area contributed by atoms with Crippen LogP contribution in [0.3, 0.4) is 0 Å². The molecular weight excluding hydrogens is 289 g/mol. The summed E-state index contributed by atoms with van der Waals surface area (Å²) in [7, 11) is 1.59. The highest BCUT2D eigenvalue weighted by Crippen LogP contribution is 2.24. The number of nitrogens with one attached hydrogen (secondary N) is 1. The van der Waals surface area contributed by atoms with Crippen LogP contribution in [0.5, 0.6) is 0 Å². The molecule has 0 radical (unpaired) electrons. The highest BCUT2D eigenvalue weighted by molar-refractivity contribution is 7.09. The third-order valence-corrected chi connectivity index (χ3v) is 4.08.